The van der Waals surface area contributed by atoms with E-state index in [9.17, 15) is 9.59 Å². The van der Waals surface area contributed by atoms with Gasteiger partial charge in [0.25, 0.3) is 0 Å². The van der Waals surface area contributed by atoms with Crippen LogP contribution in [0.2, 0.25) is 0 Å². The Morgan fingerprint density at radius 1 is 1.50 bits per heavy atom. The number of amides is 2. The molecule has 0 aromatic rings. The molecule has 1 rings (SSSR count). The average molecular weight is 255 g/mol. The van der Waals surface area contributed by atoms with Gasteiger partial charge < -0.3 is 16.4 Å². The van der Waals surface area contributed by atoms with Crippen LogP contribution in [0, 0.1) is 11.8 Å². The molecule has 5 nitrogen and oxygen atoms in total. The first-order valence-corrected chi connectivity index (χ1v) is 6.79. The summed E-state index contributed by atoms with van der Waals surface area (Å²) in [5.74, 6) is 1.11. The number of hydrogen-bond acceptors (Lipinski definition) is 3. The lowest BCUT2D eigenvalue weighted by atomic mass is 9.88. The molecule has 0 aromatic heterocycles. The Morgan fingerprint density at radius 3 is 2.72 bits per heavy atom. The van der Waals surface area contributed by atoms with Crippen LogP contribution in [0.1, 0.15) is 39.5 Å². The highest BCUT2D eigenvalue weighted by atomic mass is 16.2. The summed E-state index contributed by atoms with van der Waals surface area (Å²) in [6.45, 7) is 5.56. The van der Waals surface area contributed by atoms with Crippen LogP contribution in [0.5, 0.6) is 0 Å². The maximum Gasteiger partial charge on any atom is 0.222 e. The van der Waals surface area contributed by atoms with Gasteiger partial charge in [-0.25, -0.2) is 0 Å². The summed E-state index contributed by atoms with van der Waals surface area (Å²) >= 11 is 0. The molecule has 0 radical (unpaired) electrons. The minimum absolute atomic E-state index is 0.0171. The first kappa shape index (κ1) is 15.0. The molecule has 1 aliphatic heterocycles. The highest BCUT2D eigenvalue weighted by Gasteiger charge is 2.23. The van der Waals surface area contributed by atoms with E-state index in [2.05, 4.69) is 24.5 Å². The van der Waals surface area contributed by atoms with E-state index in [1.165, 1.54) is 0 Å². The predicted molar refractivity (Wildman–Crippen MR) is 70.8 cm³/mol. The standard InChI is InChI=1S/C13H25N3O2/c1-9(2)10(5-6-14)3-4-12(17)16-11-7-13(18)15-8-11/h9-11H,3-8,14H2,1-2H3,(H,15,18)(H,16,17). The molecule has 0 saturated carbocycles. The largest absolute Gasteiger partial charge is 0.354 e. The molecule has 1 saturated heterocycles. The van der Waals surface area contributed by atoms with E-state index in [0.717, 1.165) is 12.8 Å². The van der Waals surface area contributed by atoms with E-state index in [4.69, 9.17) is 5.73 Å². The maximum atomic E-state index is 11.8. The maximum absolute atomic E-state index is 11.8. The van der Waals surface area contributed by atoms with Crippen LogP contribution in [0.15, 0.2) is 0 Å². The molecule has 2 atom stereocenters. The van der Waals surface area contributed by atoms with Gasteiger partial charge in [0.1, 0.15) is 0 Å². The lowest BCUT2D eigenvalue weighted by Crippen LogP contribution is -2.36. The van der Waals surface area contributed by atoms with E-state index >= 15 is 0 Å². The summed E-state index contributed by atoms with van der Waals surface area (Å²) in [6, 6.07) is -0.0305. The van der Waals surface area contributed by atoms with Crippen LogP contribution in [-0.4, -0.2) is 30.9 Å². The fourth-order valence-electron chi connectivity index (χ4n) is 2.35. The molecule has 0 aromatic carbocycles. The van der Waals surface area contributed by atoms with Gasteiger partial charge in [-0.15, -0.1) is 0 Å². The summed E-state index contributed by atoms with van der Waals surface area (Å²) in [4.78, 5) is 22.8. The molecule has 18 heavy (non-hydrogen) atoms. The minimum Gasteiger partial charge on any atom is -0.354 e. The Hall–Kier alpha value is -1.10. The van der Waals surface area contributed by atoms with Crippen molar-refractivity contribution < 1.29 is 9.59 Å². The molecule has 5 heteroatoms. The van der Waals surface area contributed by atoms with E-state index in [-0.39, 0.29) is 17.9 Å². The second kappa shape index (κ2) is 7.36. The first-order chi connectivity index (χ1) is 8.52. The van der Waals surface area contributed by atoms with Gasteiger partial charge in [0.2, 0.25) is 11.8 Å². The Bertz CT molecular complexity index is 292. The molecule has 1 aliphatic rings. The van der Waals surface area contributed by atoms with Crippen molar-refractivity contribution >= 4 is 11.8 Å². The van der Waals surface area contributed by atoms with Gasteiger partial charge in [-0.1, -0.05) is 13.8 Å². The van der Waals surface area contributed by atoms with Crippen molar-refractivity contribution in [3.8, 4) is 0 Å². The minimum atomic E-state index is -0.0305. The summed E-state index contributed by atoms with van der Waals surface area (Å²) in [6.07, 6.45) is 2.76. The Balaban J connectivity index is 2.25. The second-order valence-corrected chi connectivity index (χ2v) is 5.39. The Kier molecular flexibility index (Phi) is 6.12. The quantitative estimate of drug-likeness (QED) is 0.615. The number of nitrogens with two attached hydrogens (primary N) is 1. The molecular formula is C13H25N3O2. The first-order valence-electron chi connectivity index (χ1n) is 6.79. The van der Waals surface area contributed by atoms with E-state index in [1.807, 2.05) is 0 Å². The van der Waals surface area contributed by atoms with Crippen molar-refractivity contribution in [2.75, 3.05) is 13.1 Å². The van der Waals surface area contributed by atoms with Gasteiger partial charge in [0.05, 0.1) is 6.04 Å². The van der Waals surface area contributed by atoms with Crippen LogP contribution in [-0.2, 0) is 9.59 Å². The predicted octanol–water partition coefficient (Wildman–Crippen LogP) is 0.392. The third-order valence-electron chi connectivity index (χ3n) is 3.56. The lowest BCUT2D eigenvalue weighted by molar-refractivity contribution is -0.122. The fourth-order valence-corrected chi connectivity index (χ4v) is 2.35. The summed E-state index contributed by atoms with van der Waals surface area (Å²) in [5.41, 5.74) is 5.57. The average Bonchev–Trinajstić information content (AvgIpc) is 2.69. The number of rotatable bonds is 7. The SMILES string of the molecule is CC(C)C(CCN)CCC(=O)NC1CNC(=O)C1. The molecule has 0 aliphatic carbocycles. The molecule has 0 spiro atoms. The van der Waals surface area contributed by atoms with Gasteiger partial charge >= 0.3 is 0 Å². The van der Waals surface area contributed by atoms with Crippen LogP contribution >= 0.6 is 0 Å². The summed E-state index contributed by atoms with van der Waals surface area (Å²) in [5, 5.41) is 5.60. The van der Waals surface area contributed by atoms with E-state index < -0.39 is 0 Å². The van der Waals surface area contributed by atoms with Gasteiger partial charge in [-0.3, -0.25) is 9.59 Å². The Morgan fingerprint density at radius 2 is 2.22 bits per heavy atom. The normalized spacial score (nSPS) is 20.9. The third-order valence-corrected chi connectivity index (χ3v) is 3.56. The highest BCUT2D eigenvalue weighted by Crippen LogP contribution is 2.20. The third kappa shape index (κ3) is 5.04. The number of carbonyl (C=O) groups excluding carboxylic acids is 2. The second-order valence-electron chi connectivity index (χ2n) is 5.39. The van der Waals surface area contributed by atoms with Crippen molar-refractivity contribution in [1.29, 1.82) is 0 Å². The van der Waals surface area contributed by atoms with Crippen molar-refractivity contribution in [2.24, 2.45) is 17.6 Å². The molecule has 0 bridgehead atoms. The van der Waals surface area contributed by atoms with E-state index in [1.54, 1.807) is 0 Å². The number of nitrogens with one attached hydrogen (secondary N) is 2. The van der Waals surface area contributed by atoms with Gasteiger partial charge in [0.15, 0.2) is 0 Å². The van der Waals surface area contributed by atoms with Gasteiger partial charge in [-0.05, 0) is 31.2 Å². The van der Waals surface area contributed by atoms with Gasteiger partial charge in [0, 0.05) is 19.4 Å². The molecule has 1 fully saturated rings. The van der Waals surface area contributed by atoms with Crippen LogP contribution < -0.4 is 16.4 Å². The molecule has 4 N–H and O–H groups in total. The summed E-state index contributed by atoms with van der Waals surface area (Å²) < 4.78 is 0. The monoisotopic (exact) mass is 255 g/mol. The zero-order valence-corrected chi connectivity index (χ0v) is 11.4. The molecule has 1 heterocycles. The van der Waals surface area contributed by atoms with Crippen LogP contribution in [0.25, 0.3) is 0 Å². The smallest absolute Gasteiger partial charge is 0.222 e. The van der Waals surface area contributed by atoms with Crippen LogP contribution in [0.3, 0.4) is 0 Å². The van der Waals surface area contributed by atoms with Gasteiger partial charge in [-0.2, -0.15) is 0 Å². The molecular weight excluding hydrogens is 230 g/mol. The fraction of sp³-hybridized carbons (Fsp3) is 0.846. The Labute approximate surface area is 109 Å². The van der Waals surface area contributed by atoms with Crippen molar-refractivity contribution in [3.63, 3.8) is 0 Å². The number of carbonyl (C=O) groups is 2. The lowest BCUT2D eigenvalue weighted by Gasteiger charge is -2.20. The summed E-state index contributed by atoms with van der Waals surface area (Å²) in [7, 11) is 0. The zero-order chi connectivity index (χ0) is 13.5. The van der Waals surface area contributed by atoms with Crippen molar-refractivity contribution in [1.82, 2.24) is 10.6 Å². The number of hydrogen-bond donors (Lipinski definition) is 3. The van der Waals surface area contributed by atoms with Crippen molar-refractivity contribution in [2.45, 2.75) is 45.6 Å². The topological polar surface area (TPSA) is 84.2 Å². The zero-order valence-electron chi connectivity index (χ0n) is 11.4. The molecule has 104 valence electrons. The molecule has 2 amide bonds. The molecule has 2 unspecified atom stereocenters. The van der Waals surface area contributed by atoms with Crippen LogP contribution in [0.4, 0.5) is 0 Å². The van der Waals surface area contributed by atoms with E-state index in [0.29, 0.717) is 37.8 Å². The highest BCUT2D eigenvalue weighted by molar-refractivity contribution is 5.81. The van der Waals surface area contributed by atoms with Crippen molar-refractivity contribution in [3.05, 3.63) is 0 Å².